The zero-order valence-electron chi connectivity index (χ0n) is 10.2. The van der Waals surface area contributed by atoms with E-state index in [1.165, 1.54) is 12.0 Å². The molecule has 0 bridgehead atoms. The summed E-state index contributed by atoms with van der Waals surface area (Å²) in [5.41, 5.74) is 2.14. The lowest BCUT2D eigenvalue weighted by molar-refractivity contribution is -0.113. The lowest BCUT2D eigenvalue weighted by Gasteiger charge is -2.61. The van der Waals surface area contributed by atoms with Crippen molar-refractivity contribution < 1.29 is 0 Å². The van der Waals surface area contributed by atoms with Gasteiger partial charge in [-0.15, -0.1) is 0 Å². The Labute approximate surface area is 93.1 Å². The maximum atomic E-state index is 2.59. The van der Waals surface area contributed by atoms with Gasteiger partial charge in [0.15, 0.2) is 0 Å². The Hall–Kier alpha value is -0.820. The van der Waals surface area contributed by atoms with Crippen LogP contribution in [0.5, 0.6) is 0 Å². The largest absolute Gasteiger partial charge is 0.289 e. The fourth-order valence-corrected chi connectivity index (χ4v) is 3.17. The zero-order chi connectivity index (χ0) is 11.1. The lowest BCUT2D eigenvalue weighted by Crippen LogP contribution is -2.67. The number of hydrogen-bond acceptors (Lipinski definition) is 1. The monoisotopic (exact) mass is 203 g/mol. The summed E-state index contributed by atoms with van der Waals surface area (Å²) in [6, 6.07) is 10.7. The Morgan fingerprint density at radius 3 is 2.00 bits per heavy atom. The molecule has 1 nitrogen and oxygen atoms in total. The van der Waals surface area contributed by atoms with E-state index in [2.05, 4.69) is 62.9 Å². The first-order valence-electron chi connectivity index (χ1n) is 5.73. The maximum Gasteiger partial charge on any atom is 0.0244 e. The minimum atomic E-state index is 0.360. The highest BCUT2D eigenvalue weighted by molar-refractivity contribution is 5.18. The highest BCUT2D eigenvalue weighted by Gasteiger charge is 2.49. The maximum absolute atomic E-state index is 2.59. The van der Waals surface area contributed by atoms with Gasteiger partial charge >= 0.3 is 0 Å². The zero-order valence-corrected chi connectivity index (χ0v) is 10.2. The molecular weight excluding hydrogens is 182 g/mol. The topological polar surface area (TPSA) is 3.24 Å². The van der Waals surface area contributed by atoms with Gasteiger partial charge in [-0.25, -0.2) is 0 Å². The molecule has 1 heteroatoms. The van der Waals surface area contributed by atoms with Crippen LogP contribution < -0.4 is 0 Å². The van der Waals surface area contributed by atoms with Crippen LogP contribution in [0, 0.1) is 0 Å². The molecule has 1 aromatic rings. The van der Waals surface area contributed by atoms with Crippen molar-refractivity contribution in [3.05, 3.63) is 35.9 Å². The second-order valence-electron chi connectivity index (χ2n) is 5.87. The predicted octanol–water partition coefficient (Wildman–Crippen LogP) is 3.45. The Balaban J connectivity index is 2.12. The van der Waals surface area contributed by atoms with Crippen LogP contribution >= 0.6 is 0 Å². The molecule has 82 valence electrons. The summed E-state index contributed by atoms with van der Waals surface area (Å²) in [5, 5.41) is 0. The van der Waals surface area contributed by atoms with E-state index in [1.807, 2.05) is 0 Å². The van der Waals surface area contributed by atoms with Gasteiger partial charge in [0.1, 0.15) is 0 Å². The molecule has 2 rings (SSSR count). The van der Waals surface area contributed by atoms with E-state index in [1.54, 1.807) is 0 Å². The Morgan fingerprint density at radius 2 is 1.53 bits per heavy atom. The summed E-state index contributed by atoms with van der Waals surface area (Å²) < 4.78 is 0. The van der Waals surface area contributed by atoms with Gasteiger partial charge in [0.2, 0.25) is 0 Å². The van der Waals surface area contributed by atoms with Crippen LogP contribution in [0.25, 0.3) is 0 Å². The molecule has 1 aromatic carbocycles. The molecule has 0 N–H and O–H groups in total. The SMILES string of the molecule is CC1(C)CC(C)(C)N1Cc1ccccc1. The van der Waals surface area contributed by atoms with E-state index in [4.69, 9.17) is 0 Å². The highest BCUT2D eigenvalue weighted by atomic mass is 15.3. The molecule has 1 saturated heterocycles. The average molecular weight is 203 g/mol. The van der Waals surface area contributed by atoms with Gasteiger partial charge in [-0.05, 0) is 39.7 Å². The molecule has 1 heterocycles. The van der Waals surface area contributed by atoms with E-state index in [-0.39, 0.29) is 0 Å². The van der Waals surface area contributed by atoms with E-state index >= 15 is 0 Å². The minimum absolute atomic E-state index is 0.360. The van der Waals surface area contributed by atoms with Crippen molar-refractivity contribution in [1.29, 1.82) is 0 Å². The molecular formula is C14H21N. The van der Waals surface area contributed by atoms with Crippen molar-refractivity contribution in [2.45, 2.75) is 51.7 Å². The van der Waals surface area contributed by atoms with Crippen LogP contribution in [0.3, 0.4) is 0 Å². The molecule has 1 fully saturated rings. The van der Waals surface area contributed by atoms with Crippen molar-refractivity contribution in [3.8, 4) is 0 Å². The van der Waals surface area contributed by atoms with Gasteiger partial charge in [0, 0.05) is 17.6 Å². The highest BCUT2D eigenvalue weighted by Crippen LogP contribution is 2.44. The molecule has 0 unspecified atom stereocenters. The summed E-state index contributed by atoms with van der Waals surface area (Å²) >= 11 is 0. The van der Waals surface area contributed by atoms with Crippen LogP contribution in [-0.2, 0) is 6.54 Å². The first kappa shape index (κ1) is 10.7. The quantitative estimate of drug-likeness (QED) is 0.711. The molecule has 0 radical (unpaired) electrons. The smallest absolute Gasteiger partial charge is 0.0244 e. The number of likely N-dealkylation sites (tertiary alicyclic amines) is 1. The lowest BCUT2D eigenvalue weighted by atomic mass is 9.72. The van der Waals surface area contributed by atoms with Gasteiger partial charge in [0.05, 0.1) is 0 Å². The summed E-state index contributed by atoms with van der Waals surface area (Å²) in [6.07, 6.45) is 1.28. The molecule has 0 aromatic heterocycles. The van der Waals surface area contributed by atoms with Crippen molar-refractivity contribution >= 4 is 0 Å². The second-order valence-corrected chi connectivity index (χ2v) is 5.87. The van der Waals surface area contributed by atoms with Crippen molar-refractivity contribution in [2.75, 3.05) is 0 Å². The van der Waals surface area contributed by atoms with Crippen LogP contribution in [0.4, 0.5) is 0 Å². The molecule has 1 aliphatic heterocycles. The molecule has 0 amide bonds. The third-order valence-electron chi connectivity index (χ3n) is 3.51. The fourth-order valence-electron chi connectivity index (χ4n) is 3.17. The Morgan fingerprint density at radius 1 is 1.00 bits per heavy atom. The third-order valence-corrected chi connectivity index (χ3v) is 3.51. The van der Waals surface area contributed by atoms with E-state index < -0.39 is 0 Å². The molecule has 0 saturated carbocycles. The molecule has 1 aliphatic rings. The average Bonchev–Trinajstić information content (AvgIpc) is 2.14. The second kappa shape index (κ2) is 3.34. The van der Waals surface area contributed by atoms with E-state index in [0.717, 1.165) is 6.54 Å². The van der Waals surface area contributed by atoms with E-state index in [9.17, 15) is 0 Å². The van der Waals surface area contributed by atoms with Crippen molar-refractivity contribution in [2.24, 2.45) is 0 Å². The first-order chi connectivity index (χ1) is 6.92. The Kier molecular flexibility index (Phi) is 2.38. The number of hydrogen-bond donors (Lipinski definition) is 0. The van der Waals surface area contributed by atoms with Crippen LogP contribution in [0.1, 0.15) is 39.7 Å². The number of rotatable bonds is 2. The number of nitrogens with zero attached hydrogens (tertiary/aromatic N) is 1. The fraction of sp³-hybridized carbons (Fsp3) is 0.571. The predicted molar refractivity (Wildman–Crippen MR) is 64.8 cm³/mol. The summed E-state index contributed by atoms with van der Waals surface area (Å²) in [4.78, 5) is 2.59. The Bertz CT molecular complexity index is 324. The van der Waals surface area contributed by atoms with Crippen molar-refractivity contribution in [3.63, 3.8) is 0 Å². The molecule has 15 heavy (non-hydrogen) atoms. The summed E-state index contributed by atoms with van der Waals surface area (Å²) in [7, 11) is 0. The van der Waals surface area contributed by atoms with Gasteiger partial charge in [0.25, 0.3) is 0 Å². The molecule has 0 aliphatic carbocycles. The first-order valence-corrected chi connectivity index (χ1v) is 5.73. The third kappa shape index (κ3) is 1.93. The van der Waals surface area contributed by atoms with Gasteiger partial charge < -0.3 is 0 Å². The standard InChI is InChI=1S/C14H21N/c1-13(2)11-14(3,4)15(13)10-12-8-6-5-7-9-12/h5-9H,10-11H2,1-4H3. The van der Waals surface area contributed by atoms with Gasteiger partial charge in [-0.2, -0.15) is 0 Å². The number of benzene rings is 1. The normalized spacial score (nSPS) is 23.5. The van der Waals surface area contributed by atoms with E-state index in [0.29, 0.717) is 11.1 Å². The minimum Gasteiger partial charge on any atom is -0.289 e. The van der Waals surface area contributed by atoms with Gasteiger partial charge in [-0.3, -0.25) is 4.90 Å². The van der Waals surface area contributed by atoms with Gasteiger partial charge in [-0.1, -0.05) is 30.3 Å². The van der Waals surface area contributed by atoms with Crippen LogP contribution in [0.15, 0.2) is 30.3 Å². The van der Waals surface area contributed by atoms with Crippen LogP contribution in [0.2, 0.25) is 0 Å². The molecule has 0 spiro atoms. The van der Waals surface area contributed by atoms with Crippen LogP contribution in [-0.4, -0.2) is 16.0 Å². The summed E-state index contributed by atoms with van der Waals surface area (Å²) in [6.45, 7) is 10.4. The van der Waals surface area contributed by atoms with Crippen molar-refractivity contribution in [1.82, 2.24) is 4.90 Å². The summed E-state index contributed by atoms with van der Waals surface area (Å²) in [5.74, 6) is 0. The molecule has 0 atom stereocenters.